The summed E-state index contributed by atoms with van der Waals surface area (Å²) in [7, 11) is 3.09. The fraction of sp³-hybridized carbons (Fsp3) is 0.333. The van der Waals surface area contributed by atoms with Gasteiger partial charge in [-0.25, -0.2) is 0 Å². The first-order valence-corrected chi connectivity index (χ1v) is 8.80. The number of rotatable bonds is 5. The summed E-state index contributed by atoms with van der Waals surface area (Å²) in [5, 5.41) is 2.81. The molecular formula is C21H23NO5. The predicted octanol–water partition coefficient (Wildman–Crippen LogP) is 3.28. The Morgan fingerprint density at radius 1 is 1.07 bits per heavy atom. The van der Waals surface area contributed by atoms with Gasteiger partial charge in [-0.05, 0) is 31.0 Å². The fourth-order valence-electron chi connectivity index (χ4n) is 3.42. The quantitative estimate of drug-likeness (QED) is 0.647. The minimum Gasteiger partial charge on any atom is -0.493 e. The van der Waals surface area contributed by atoms with E-state index in [-0.39, 0.29) is 6.61 Å². The number of amides is 1. The third-order valence-corrected chi connectivity index (χ3v) is 4.74. The summed E-state index contributed by atoms with van der Waals surface area (Å²) < 4.78 is 15.9. The molecule has 1 amide bonds. The molecule has 2 aromatic rings. The summed E-state index contributed by atoms with van der Waals surface area (Å²) in [4.78, 5) is 25.4. The SMILES string of the molecule is CCOC(=O)C1C(=O)Nc2cc(OC)c(OC)cc2C1c1ccc(C)cc1. The van der Waals surface area contributed by atoms with Crippen LogP contribution in [0.3, 0.4) is 0 Å². The zero-order valence-electron chi connectivity index (χ0n) is 15.9. The summed E-state index contributed by atoms with van der Waals surface area (Å²) in [6, 6.07) is 11.3. The van der Waals surface area contributed by atoms with Crippen LogP contribution in [0.25, 0.3) is 0 Å². The van der Waals surface area contributed by atoms with Crippen LogP contribution in [0.15, 0.2) is 36.4 Å². The molecule has 142 valence electrons. The van der Waals surface area contributed by atoms with Crippen LogP contribution in [0.2, 0.25) is 0 Å². The number of fused-ring (bicyclic) bond motifs is 1. The van der Waals surface area contributed by atoms with Crippen molar-refractivity contribution in [2.75, 3.05) is 26.1 Å². The van der Waals surface area contributed by atoms with Gasteiger partial charge in [0.05, 0.1) is 20.8 Å². The minimum absolute atomic E-state index is 0.210. The molecule has 0 saturated carbocycles. The van der Waals surface area contributed by atoms with Gasteiger partial charge in [-0.1, -0.05) is 29.8 Å². The molecule has 1 aliphatic heterocycles. The van der Waals surface area contributed by atoms with E-state index in [4.69, 9.17) is 14.2 Å². The molecule has 6 heteroatoms. The first-order chi connectivity index (χ1) is 13.0. The predicted molar refractivity (Wildman–Crippen MR) is 101 cm³/mol. The molecule has 0 aliphatic carbocycles. The van der Waals surface area contributed by atoms with Crippen molar-refractivity contribution in [2.45, 2.75) is 19.8 Å². The van der Waals surface area contributed by atoms with Gasteiger partial charge in [0.1, 0.15) is 5.92 Å². The standard InChI is InChI=1S/C21H23NO5/c1-5-27-21(24)19-18(13-8-6-12(2)7-9-13)14-10-16(25-3)17(26-4)11-15(14)22-20(19)23/h6-11,18-19H,5H2,1-4H3,(H,22,23). The molecule has 3 rings (SSSR count). The Bertz CT molecular complexity index is 860. The molecule has 2 aromatic carbocycles. The maximum atomic E-state index is 12.8. The highest BCUT2D eigenvalue weighted by molar-refractivity contribution is 6.08. The Kier molecular flexibility index (Phi) is 5.35. The molecule has 0 aromatic heterocycles. The number of nitrogens with one attached hydrogen (secondary N) is 1. The van der Waals surface area contributed by atoms with Crippen LogP contribution < -0.4 is 14.8 Å². The zero-order valence-corrected chi connectivity index (χ0v) is 15.9. The van der Waals surface area contributed by atoms with Gasteiger partial charge in [-0.2, -0.15) is 0 Å². The van der Waals surface area contributed by atoms with Crippen molar-refractivity contribution in [1.82, 2.24) is 0 Å². The molecule has 6 nitrogen and oxygen atoms in total. The van der Waals surface area contributed by atoms with Crippen molar-refractivity contribution in [3.05, 3.63) is 53.1 Å². The van der Waals surface area contributed by atoms with Gasteiger partial charge in [-0.15, -0.1) is 0 Å². The molecule has 0 saturated heterocycles. The lowest BCUT2D eigenvalue weighted by Crippen LogP contribution is -2.40. The van der Waals surface area contributed by atoms with Crippen LogP contribution in [0.4, 0.5) is 5.69 Å². The Morgan fingerprint density at radius 3 is 2.30 bits per heavy atom. The Labute approximate surface area is 158 Å². The van der Waals surface area contributed by atoms with Gasteiger partial charge in [0, 0.05) is 17.7 Å². The van der Waals surface area contributed by atoms with Crippen molar-refractivity contribution in [3.8, 4) is 11.5 Å². The summed E-state index contributed by atoms with van der Waals surface area (Å²) in [5.41, 5.74) is 3.35. The van der Waals surface area contributed by atoms with Crippen molar-refractivity contribution in [1.29, 1.82) is 0 Å². The summed E-state index contributed by atoms with van der Waals surface area (Å²) in [6.45, 7) is 3.92. The number of hydrogen-bond acceptors (Lipinski definition) is 5. The number of hydrogen-bond donors (Lipinski definition) is 1. The Balaban J connectivity index is 2.20. The van der Waals surface area contributed by atoms with Gasteiger partial charge in [0.25, 0.3) is 0 Å². The van der Waals surface area contributed by atoms with Crippen LogP contribution >= 0.6 is 0 Å². The van der Waals surface area contributed by atoms with E-state index in [0.717, 1.165) is 16.7 Å². The molecule has 0 bridgehead atoms. The number of benzene rings is 2. The highest BCUT2D eigenvalue weighted by atomic mass is 16.5. The van der Waals surface area contributed by atoms with Crippen LogP contribution in [-0.4, -0.2) is 32.7 Å². The number of aryl methyl sites for hydroxylation is 1. The number of ether oxygens (including phenoxy) is 3. The summed E-state index contributed by atoms with van der Waals surface area (Å²) >= 11 is 0. The van der Waals surface area contributed by atoms with Gasteiger partial charge in [0.2, 0.25) is 5.91 Å². The topological polar surface area (TPSA) is 73.9 Å². The molecule has 27 heavy (non-hydrogen) atoms. The normalized spacial score (nSPS) is 18.3. The number of esters is 1. The number of carbonyl (C=O) groups excluding carboxylic acids is 2. The van der Waals surface area contributed by atoms with E-state index in [9.17, 15) is 9.59 Å². The number of methoxy groups -OCH3 is 2. The van der Waals surface area contributed by atoms with Crippen molar-refractivity contribution in [3.63, 3.8) is 0 Å². The second kappa shape index (κ2) is 7.70. The van der Waals surface area contributed by atoms with Gasteiger partial charge in [-0.3, -0.25) is 9.59 Å². The van der Waals surface area contributed by atoms with E-state index >= 15 is 0 Å². The van der Waals surface area contributed by atoms with Crippen molar-refractivity contribution >= 4 is 17.6 Å². The largest absolute Gasteiger partial charge is 0.493 e. The maximum Gasteiger partial charge on any atom is 0.319 e. The minimum atomic E-state index is -0.974. The zero-order chi connectivity index (χ0) is 19.6. The smallest absolute Gasteiger partial charge is 0.319 e. The van der Waals surface area contributed by atoms with E-state index in [1.165, 1.54) is 7.11 Å². The third-order valence-electron chi connectivity index (χ3n) is 4.74. The Morgan fingerprint density at radius 2 is 1.70 bits per heavy atom. The van der Waals surface area contributed by atoms with Crippen LogP contribution in [-0.2, 0) is 14.3 Å². The van der Waals surface area contributed by atoms with Gasteiger partial charge in [0.15, 0.2) is 11.5 Å². The lowest BCUT2D eigenvalue weighted by atomic mass is 9.76. The maximum absolute atomic E-state index is 12.8. The first-order valence-electron chi connectivity index (χ1n) is 8.80. The van der Waals surface area contributed by atoms with Crippen molar-refractivity contribution in [2.24, 2.45) is 5.92 Å². The highest BCUT2D eigenvalue weighted by Crippen LogP contribution is 2.45. The summed E-state index contributed by atoms with van der Waals surface area (Å²) in [6.07, 6.45) is 0. The average Bonchev–Trinajstić information content (AvgIpc) is 2.66. The molecule has 0 radical (unpaired) electrons. The molecule has 1 heterocycles. The third kappa shape index (κ3) is 3.47. The molecule has 1 aliphatic rings. The van der Waals surface area contributed by atoms with E-state index in [1.807, 2.05) is 37.3 Å². The monoisotopic (exact) mass is 369 g/mol. The van der Waals surface area contributed by atoms with Gasteiger partial charge >= 0.3 is 5.97 Å². The summed E-state index contributed by atoms with van der Waals surface area (Å²) in [5.74, 6) is -1.34. The molecule has 0 spiro atoms. The van der Waals surface area contributed by atoms with Crippen LogP contribution in [0.5, 0.6) is 11.5 Å². The van der Waals surface area contributed by atoms with E-state index < -0.39 is 23.7 Å². The highest BCUT2D eigenvalue weighted by Gasteiger charge is 2.43. The molecule has 1 N–H and O–H groups in total. The lowest BCUT2D eigenvalue weighted by molar-refractivity contribution is -0.151. The molecule has 2 unspecified atom stereocenters. The molecular weight excluding hydrogens is 346 g/mol. The van der Waals surface area contributed by atoms with E-state index in [2.05, 4.69) is 5.32 Å². The second-order valence-electron chi connectivity index (χ2n) is 6.40. The Hall–Kier alpha value is -3.02. The second-order valence-corrected chi connectivity index (χ2v) is 6.40. The first kappa shape index (κ1) is 18.8. The fourth-order valence-corrected chi connectivity index (χ4v) is 3.42. The van der Waals surface area contributed by atoms with Crippen molar-refractivity contribution < 1.29 is 23.8 Å². The number of carbonyl (C=O) groups is 2. The molecule has 0 fully saturated rings. The molecule has 2 atom stereocenters. The average molecular weight is 369 g/mol. The van der Waals surface area contributed by atoms with Crippen LogP contribution in [0.1, 0.15) is 29.5 Å². The lowest BCUT2D eigenvalue weighted by Gasteiger charge is -2.32. The van der Waals surface area contributed by atoms with Crippen LogP contribution in [0, 0.1) is 12.8 Å². The van der Waals surface area contributed by atoms with Gasteiger partial charge < -0.3 is 19.5 Å². The van der Waals surface area contributed by atoms with E-state index in [1.54, 1.807) is 20.1 Å². The van der Waals surface area contributed by atoms with E-state index in [0.29, 0.717) is 17.2 Å². The number of anilines is 1.